The first-order valence-electron chi connectivity index (χ1n) is 10.4. The molecule has 2 N–H and O–H groups in total. The standard InChI is InChI=1S/C21H32ClN3O5/c1-23-6-4-7-25-8-5-14(17(13-25)27-2)12-24-21(26)15-11-16(22)19(28-3)20-18(15)29-9-10-30-20/h11,14,17,23H,4-10,12-13H2,1-3H3,(H,24,26)/t14-,17?/m0/s1. The van der Waals surface area contributed by atoms with Gasteiger partial charge in [-0.1, -0.05) is 11.6 Å². The Balaban J connectivity index is 1.62. The molecule has 0 aromatic heterocycles. The first-order chi connectivity index (χ1) is 14.6. The maximum Gasteiger partial charge on any atom is 0.255 e. The minimum Gasteiger partial charge on any atom is -0.491 e. The molecule has 2 atom stereocenters. The molecule has 3 rings (SSSR count). The van der Waals surface area contributed by atoms with Gasteiger partial charge in [0, 0.05) is 26.1 Å². The topological polar surface area (TPSA) is 81.3 Å². The van der Waals surface area contributed by atoms with Crippen molar-refractivity contribution in [1.82, 2.24) is 15.5 Å². The quantitative estimate of drug-likeness (QED) is 0.565. The van der Waals surface area contributed by atoms with E-state index in [1.807, 2.05) is 7.05 Å². The van der Waals surface area contributed by atoms with Gasteiger partial charge in [-0.2, -0.15) is 0 Å². The predicted octanol–water partition coefficient (Wildman–Crippen LogP) is 1.80. The average molecular weight is 442 g/mol. The van der Waals surface area contributed by atoms with E-state index in [1.165, 1.54) is 7.11 Å². The van der Waals surface area contributed by atoms with E-state index in [-0.39, 0.29) is 17.9 Å². The second-order valence-electron chi connectivity index (χ2n) is 7.59. The highest BCUT2D eigenvalue weighted by Gasteiger charge is 2.31. The van der Waals surface area contributed by atoms with Crippen LogP contribution in [-0.4, -0.2) is 84.1 Å². The zero-order valence-electron chi connectivity index (χ0n) is 18.0. The molecule has 0 spiro atoms. The van der Waals surface area contributed by atoms with Crippen molar-refractivity contribution in [3.63, 3.8) is 0 Å². The summed E-state index contributed by atoms with van der Waals surface area (Å²) in [5.41, 5.74) is 0.356. The molecule has 168 valence electrons. The van der Waals surface area contributed by atoms with Crippen molar-refractivity contribution in [2.24, 2.45) is 5.92 Å². The fourth-order valence-electron chi connectivity index (χ4n) is 4.04. The van der Waals surface area contributed by atoms with Crippen LogP contribution >= 0.6 is 11.6 Å². The van der Waals surface area contributed by atoms with E-state index in [4.69, 9.17) is 30.5 Å². The molecule has 2 aliphatic rings. The van der Waals surface area contributed by atoms with Gasteiger partial charge >= 0.3 is 0 Å². The number of nitrogens with one attached hydrogen (secondary N) is 2. The summed E-state index contributed by atoms with van der Waals surface area (Å²) in [7, 11) is 5.22. The number of benzene rings is 1. The molecular formula is C21H32ClN3O5. The normalized spacial score (nSPS) is 21.3. The lowest BCUT2D eigenvalue weighted by atomic mass is 9.93. The van der Waals surface area contributed by atoms with Gasteiger partial charge in [-0.3, -0.25) is 4.79 Å². The zero-order valence-corrected chi connectivity index (χ0v) is 18.7. The lowest BCUT2D eigenvalue weighted by molar-refractivity contribution is -0.0105. The smallest absolute Gasteiger partial charge is 0.255 e. The highest BCUT2D eigenvalue weighted by atomic mass is 35.5. The number of piperidine rings is 1. The van der Waals surface area contributed by atoms with Crippen LogP contribution in [0.3, 0.4) is 0 Å². The van der Waals surface area contributed by atoms with Crippen molar-refractivity contribution in [3.05, 3.63) is 16.7 Å². The van der Waals surface area contributed by atoms with Crippen LogP contribution in [0.15, 0.2) is 6.07 Å². The van der Waals surface area contributed by atoms with E-state index < -0.39 is 0 Å². The summed E-state index contributed by atoms with van der Waals surface area (Å²) < 4.78 is 22.4. The third-order valence-electron chi connectivity index (χ3n) is 5.68. The van der Waals surface area contributed by atoms with Crippen LogP contribution in [0.5, 0.6) is 17.2 Å². The van der Waals surface area contributed by atoms with Crippen LogP contribution in [0, 0.1) is 5.92 Å². The van der Waals surface area contributed by atoms with Crippen LogP contribution < -0.4 is 24.8 Å². The van der Waals surface area contributed by atoms with Crippen molar-refractivity contribution in [1.29, 1.82) is 0 Å². The van der Waals surface area contributed by atoms with Gasteiger partial charge < -0.3 is 34.5 Å². The maximum absolute atomic E-state index is 12.9. The van der Waals surface area contributed by atoms with Gasteiger partial charge in [-0.15, -0.1) is 0 Å². The fourth-order valence-corrected chi connectivity index (χ4v) is 4.32. The summed E-state index contributed by atoms with van der Waals surface area (Å²) in [5, 5.41) is 6.53. The summed E-state index contributed by atoms with van der Waals surface area (Å²) in [6.07, 6.45) is 2.17. The predicted molar refractivity (Wildman–Crippen MR) is 115 cm³/mol. The van der Waals surface area contributed by atoms with Gasteiger partial charge in [0.1, 0.15) is 13.2 Å². The van der Waals surface area contributed by atoms with Crippen molar-refractivity contribution in [2.75, 3.05) is 67.2 Å². The van der Waals surface area contributed by atoms with E-state index in [1.54, 1.807) is 13.2 Å². The largest absolute Gasteiger partial charge is 0.491 e. The van der Waals surface area contributed by atoms with E-state index in [0.29, 0.717) is 47.6 Å². The van der Waals surface area contributed by atoms with E-state index in [0.717, 1.165) is 39.0 Å². The summed E-state index contributed by atoms with van der Waals surface area (Å²) in [5.74, 6) is 1.15. The van der Waals surface area contributed by atoms with Crippen LogP contribution in [-0.2, 0) is 4.74 Å². The number of halogens is 1. The van der Waals surface area contributed by atoms with Gasteiger partial charge in [0.05, 0.1) is 23.8 Å². The molecule has 1 saturated heterocycles. The minimum atomic E-state index is -0.243. The van der Waals surface area contributed by atoms with Crippen LogP contribution in [0.4, 0.5) is 0 Å². The van der Waals surface area contributed by atoms with Gasteiger partial charge in [-0.25, -0.2) is 0 Å². The number of hydrogen-bond donors (Lipinski definition) is 2. The zero-order chi connectivity index (χ0) is 21.5. The number of hydrogen-bond acceptors (Lipinski definition) is 7. The molecule has 8 nitrogen and oxygen atoms in total. The Morgan fingerprint density at radius 3 is 2.77 bits per heavy atom. The number of methoxy groups -OCH3 is 2. The Morgan fingerprint density at radius 2 is 2.07 bits per heavy atom. The van der Waals surface area contributed by atoms with E-state index in [2.05, 4.69) is 15.5 Å². The number of amides is 1. The van der Waals surface area contributed by atoms with Gasteiger partial charge in [0.2, 0.25) is 5.75 Å². The summed E-state index contributed by atoms with van der Waals surface area (Å²) in [4.78, 5) is 15.4. The van der Waals surface area contributed by atoms with Gasteiger partial charge in [0.25, 0.3) is 5.91 Å². The van der Waals surface area contributed by atoms with Crippen molar-refractivity contribution < 1.29 is 23.7 Å². The molecule has 1 fully saturated rings. The van der Waals surface area contributed by atoms with Gasteiger partial charge in [-0.05, 0) is 45.6 Å². The number of rotatable bonds is 9. The number of nitrogens with zero attached hydrogens (tertiary/aromatic N) is 1. The molecule has 1 aromatic carbocycles. The van der Waals surface area contributed by atoms with Crippen LogP contribution in [0.25, 0.3) is 0 Å². The van der Waals surface area contributed by atoms with E-state index in [9.17, 15) is 4.79 Å². The molecule has 1 unspecified atom stereocenters. The third kappa shape index (κ3) is 5.29. The first kappa shape index (κ1) is 22.9. The first-order valence-corrected chi connectivity index (χ1v) is 10.8. The Morgan fingerprint density at radius 1 is 1.30 bits per heavy atom. The molecule has 2 heterocycles. The number of carbonyl (C=O) groups is 1. The third-order valence-corrected chi connectivity index (χ3v) is 5.96. The molecule has 2 aliphatic heterocycles. The second-order valence-corrected chi connectivity index (χ2v) is 7.99. The maximum atomic E-state index is 12.9. The summed E-state index contributed by atoms with van der Waals surface area (Å²) in [6.45, 7) is 5.22. The monoisotopic (exact) mass is 441 g/mol. The van der Waals surface area contributed by atoms with Crippen molar-refractivity contribution in [2.45, 2.75) is 18.9 Å². The average Bonchev–Trinajstić information content (AvgIpc) is 2.77. The molecular weight excluding hydrogens is 410 g/mol. The highest BCUT2D eigenvalue weighted by Crippen LogP contribution is 2.46. The molecule has 0 bridgehead atoms. The summed E-state index contributed by atoms with van der Waals surface area (Å²) >= 11 is 6.30. The molecule has 9 heteroatoms. The van der Waals surface area contributed by atoms with Crippen molar-refractivity contribution in [3.8, 4) is 17.2 Å². The Labute approximate surface area is 183 Å². The van der Waals surface area contributed by atoms with E-state index >= 15 is 0 Å². The Hall–Kier alpha value is -1.74. The number of likely N-dealkylation sites (tertiary alicyclic amines) is 1. The van der Waals surface area contributed by atoms with Gasteiger partial charge in [0.15, 0.2) is 11.5 Å². The van der Waals surface area contributed by atoms with Crippen LogP contribution in [0.2, 0.25) is 5.02 Å². The number of carbonyl (C=O) groups excluding carboxylic acids is 1. The number of fused-ring (bicyclic) bond motifs is 1. The molecule has 1 aromatic rings. The summed E-state index contributed by atoms with van der Waals surface area (Å²) in [6, 6.07) is 1.57. The number of ether oxygens (including phenoxy) is 4. The molecule has 0 aliphatic carbocycles. The minimum absolute atomic E-state index is 0.0848. The molecule has 0 saturated carbocycles. The Bertz CT molecular complexity index is 733. The molecule has 1 amide bonds. The highest BCUT2D eigenvalue weighted by molar-refractivity contribution is 6.33. The fraction of sp³-hybridized carbons (Fsp3) is 0.667. The SMILES string of the molecule is CNCCCN1CC[C@@H](CNC(=O)c2cc(Cl)c(OC)c3c2OCCO3)C(OC)C1. The van der Waals surface area contributed by atoms with Crippen molar-refractivity contribution >= 4 is 17.5 Å². The Kier molecular flexibility index (Phi) is 8.44. The lowest BCUT2D eigenvalue weighted by Gasteiger charge is -2.38. The van der Waals surface area contributed by atoms with Crippen LogP contribution in [0.1, 0.15) is 23.2 Å². The lowest BCUT2D eigenvalue weighted by Crippen LogP contribution is -2.48. The second kappa shape index (κ2) is 11.0. The molecule has 0 radical (unpaired) electrons. The molecule has 30 heavy (non-hydrogen) atoms.